The molecule has 1 aliphatic carbocycles. The fourth-order valence-electron chi connectivity index (χ4n) is 3.54. The number of carbonyl (C=O) groups excluding carboxylic acids is 2. The Morgan fingerprint density at radius 2 is 1.45 bits per heavy atom. The lowest BCUT2D eigenvalue weighted by Gasteiger charge is -2.23. The molecule has 0 saturated heterocycles. The molecule has 0 unspecified atom stereocenters. The minimum Gasteiger partial charge on any atom is -0.384 e. The summed E-state index contributed by atoms with van der Waals surface area (Å²) < 4.78 is 31.1. The highest BCUT2D eigenvalue weighted by Crippen LogP contribution is 2.38. The zero-order valence-corrected chi connectivity index (χ0v) is 18.0. The average Bonchev–Trinajstić information content (AvgIpc) is 2.76. The van der Waals surface area contributed by atoms with E-state index in [2.05, 4.69) is 5.32 Å². The Labute approximate surface area is 181 Å². The van der Waals surface area contributed by atoms with E-state index in [-0.39, 0.29) is 38.7 Å². The van der Waals surface area contributed by atoms with Crippen molar-refractivity contribution in [2.75, 3.05) is 11.9 Å². The number of rotatable bonds is 6. The highest BCUT2D eigenvalue weighted by molar-refractivity contribution is 7.87. The van der Waals surface area contributed by atoms with E-state index in [1.807, 2.05) is 13.8 Å². The third-order valence-electron chi connectivity index (χ3n) is 5.11. The maximum absolute atomic E-state index is 13.3. The molecule has 0 aromatic heterocycles. The van der Waals surface area contributed by atoms with Crippen LogP contribution in [0.4, 0.5) is 5.69 Å². The van der Waals surface area contributed by atoms with Crippen molar-refractivity contribution in [2.24, 2.45) is 0 Å². The lowest BCUT2D eigenvalue weighted by atomic mass is 9.82. The summed E-state index contributed by atoms with van der Waals surface area (Å²) in [6, 6.07) is 15.7. The first kappa shape index (κ1) is 20.8. The molecule has 0 amide bonds. The zero-order chi connectivity index (χ0) is 22.2. The molecule has 4 rings (SSSR count). The molecule has 158 valence electrons. The zero-order valence-electron chi connectivity index (χ0n) is 17.1. The Bertz CT molecular complexity index is 1290. The van der Waals surface area contributed by atoms with Gasteiger partial charge in [-0.1, -0.05) is 48.9 Å². The molecule has 0 saturated carbocycles. The molecule has 7 heteroatoms. The van der Waals surface area contributed by atoms with E-state index in [0.717, 1.165) is 12.0 Å². The minimum atomic E-state index is -4.20. The van der Waals surface area contributed by atoms with Crippen LogP contribution < -0.4 is 9.50 Å². The molecule has 0 heterocycles. The summed E-state index contributed by atoms with van der Waals surface area (Å²) in [6.45, 7) is 4.42. The molecule has 3 aromatic carbocycles. The summed E-state index contributed by atoms with van der Waals surface area (Å²) in [5.74, 6) is -0.952. The summed E-state index contributed by atoms with van der Waals surface area (Å²) in [5, 5.41) is 3.15. The van der Waals surface area contributed by atoms with Crippen molar-refractivity contribution < 1.29 is 22.2 Å². The van der Waals surface area contributed by atoms with Crippen molar-refractivity contribution in [2.45, 2.75) is 25.2 Å². The topological polar surface area (TPSA) is 89.5 Å². The number of fused-ring (bicyclic) bond motifs is 2. The first-order valence-electron chi connectivity index (χ1n) is 9.94. The van der Waals surface area contributed by atoms with Crippen LogP contribution in [-0.4, -0.2) is 26.5 Å². The van der Waals surface area contributed by atoms with Gasteiger partial charge in [-0.25, -0.2) is 0 Å². The van der Waals surface area contributed by atoms with Gasteiger partial charge in [-0.3, -0.25) is 9.59 Å². The van der Waals surface area contributed by atoms with E-state index in [0.29, 0.717) is 12.2 Å². The second kappa shape index (κ2) is 8.00. The van der Waals surface area contributed by atoms with Gasteiger partial charge in [0.15, 0.2) is 17.3 Å². The average molecular weight is 436 g/mol. The molecule has 0 fully saturated rings. The van der Waals surface area contributed by atoms with Gasteiger partial charge in [0.1, 0.15) is 4.90 Å². The van der Waals surface area contributed by atoms with E-state index in [9.17, 15) is 18.0 Å². The van der Waals surface area contributed by atoms with Gasteiger partial charge in [0.2, 0.25) is 0 Å². The van der Waals surface area contributed by atoms with Gasteiger partial charge in [-0.15, -0.1) is 0 Å². The summed E-state index contributed by atoms with van der Waals surface area (Å²) in [5.41, 5.74) is 1.99. The normalized spacial score (nSPS) is 12.8. The maximum atomic E-state index is 13.3. The molecule has 31 heavy (non-hydrogen) atoms. The molecule has 0 spiro atoms. The van der Waals surface area contributed by atoms with Crippen molar-refractivity contribution >= 4 is 27.4 Å². The largest absolute Gasteiger partial charge is 0.384 e. The minimum absolute atomic E-state index is 0.0324. The van der Waals surface area contributed by atoms with E-state index in [1.54, 1.807) is 42.5 Å². The Hall–Kier alpha value is -3.45. The molecule has 0 atom stereocenters. The number of nitrogens with one attached hydrogen (secondary N) is 1. The van der Waals surface area contributed by atoms with E-state index in [1.165, 1.54) is 18.2 Å². The van der Waals surface area contributed by atoms with E-state index in [4.69, 9.17) is 4.18 Å². The van der Waals surface area contributed by atoms with Gasteiger partial charge in [-0.05, 0) is 37.6 Å². The van der Waals surface area contributed by atoms with E-state index >= 15 is 0 Å². The first-order chi connectivity index (χ1) is 14.8. The van der Waals surface area contributed by atoms with Gasteiger partial charge in [0.25, 0.3) is 0 Å². The maximum Gasteiger partial charge on any atom is 0.339 e. The number of ketones is 2. The van der Waals surface area contributed by atoms with Crippen LogP contribution in [0.3, 0.4) is 0 Å². The molecule has 6 nitrogen and oxygen atoms in total. The number of hydrogen-bond acceptors (Lipinski definition) is 6. The number of hydrogen-bond donors (Lipinski definition) is 1. The Balaban J connectivity index is 1.86. The van der Waals surface area contributed by atoms with Crippen LogP contribution in [0.5, 0.6) is 5.75 Å². The number of carbonyl (C=O) groups is 2. The second-order valence-corrected chi connectivity index (χ2v) is 8.89. The lowest BCUT2D eigenvalue weighted by Crippen LogP contribution is -2.24. The van der Waals surface area contributed by atoms with Crippen molar-refractivity contribution in [3.8, 4) is 5.75 Å². The van der Waals surface area contributed by atoms with Gasteiger partial charge >= 0.3 is 10.1 Å². The summed E-state index contributed by atoms with van der Waals surface area (Å²) in [4.78, 5) is 26.5. The van der Waals surface area contributed by atoms with Crippen molar-refractivity contribution in [3.63, 3.8) is 0 Å². The van der Waals surface area contributed by atoms with Crippen LogP contribution in [0.1, 0.15) is 50.8 Å². The SMILES string of the molecule is CCCNc1ccc(OS(=O)(=O)c2ccc(C)cc2)c2c1C(=O)c1ccccc1C2=O. The molecular weight excluding hydrogens is 414 g/mol. The highest BCUT2D eigenvalue weighted by atomic mass is 32.2. The van der Waals surface area contributed by atoms with Crippen LogP contribution >= 0.6 is 0 Å². The summed E-state index contributed by atoms with van der Waals surface area (Å²) in [6.07, 6.45) is 0.813. The van der Waals surface area contributed by atoms with Crippen LogP contribution in [0.25, 0.3) is 0 Å². The molecule has 1 aliphatic rings. The molecule has 1 N–H and O–H groups in total. The van der Waals surface area contributed by atoms with Crippen LogP contribution in [0.2, 0.25) is 0 Å². The van der Waals surface area contributed by atoms with E-state index < -0.39 is 15.9 Å². The van der Waals surface area contributed by atoms with Crippen molar-refractivity contribution in [1.29, 1.82) is 0 Å². The van der Waals surface area contributed by atoms with Crippen LogP contribution in [-0.2, 0) is 10.1 Å². The van der Waals surface area contributed by atoms with Crippen LogP contribution in [0.15, 0.2) is 65.6 Å². The van der Waals surface area contributed by atoms with Crippen molar-refractivity contribution in [1.82, 2.24) is 0 Å². The van der Waals surface area contributed by atoms with Gasteiger partial charge in [-0.2, -0.15) is 8.42 Å². The smallest absolute Gasteiger partial charge is 0.339 e. The summed E-state index contributed by atoms with van der Waals surface area (Å²) in [7, 11) is -4.20. The number of anilines is 1. The Morgan fingerprint density at radius 1 is 0.839 bits per heavy atom. The van der Waals surface area contributed by atoms with Gasteiger partial charge < -0.3 is 9.50 Å². The fraction of sp³-hybridized carbons (Fsp3) is 0.167. The first-order valence-corrected chi connectivity index (χ1v) is 11.3. The van der Waals surface area contributed by atoms with Gasteiger partial charge in [0, 0.05) is 23.4 Å². The third kappa shape index (κ3) is 3.72. The van der Waals surface area contributed by atoms with Crippen molar-refractivity contribution in [3.05, 3.63) is 88.5 Å². The number of benzene rings is 3. The predicted molar refractivity (Wildman–Crippen MR) is 118 cm³/mol. The highest BCUT2D eigenvalue weighted by Gasteiger charge is 2.35. The lowest BCUT2D eigenvalue weighted by molar-refractivity contribution is 0.0978. The molecule has 3 aromatic rings. The molecule has 0 aliphatic heterocycles. The molecule has 0 radical (unpaired) electrons. The molecule has 0 bridgehead atoms. The quantitative estimate of drug-likeness (QED) is 0.453. The summed E-state index contributed by atoms with van der Waals surface area (Å²) >= 11 is 0. The predicted octanol–water partition coefficient (Wildman–Crippen LogP) is 4.36. The third-order valence-corrected chi connectivity index (χ3v) is 6.36. The number of aryl methyl sites for hydroxylation is 1. The van der Waals surface area contributed by atoms with Gasteiger partial charge in [0.05, 0.1) is 11.1 Å². The Morgan fingerprint density at radius 3 is 2.06 bits per heavy atom. The standard InChI is InChI=1S/C24H21NO5S/c1-3-14-25-19-12-13-20(30-31(28,29)16-10-8-15(2)9-11-16)22-21(19)23(26)17-6-4-5-7-18(17)24(22)27/h4-13,25H,3,14H2,1-2H3. The molecular formula is C24H21NO5S. The second-order valence-electron chi connectivity index (χ2n) is 7.34. The van der Waals surface area contributed by atoms with Crippen LogP contribution in [0, 0.1) is 6.92 Å². The monoisotopic (exact) mass is 435 g/mol. The Kier molecular flexibility index (Phi) is 5.37. The fourth-order valence-corrected chi connectivity index (χ4v) is 4.48.